The Hall–Kier alpha value is -1.89. The zero-order valence-electron chi connectivity index (χ0n) is 15.9. The van der Waals surface area contributed by atoms with Crippen molar-refractivity contribution in [2.24, 2.45) is 5.92 Å². The van der Waals surface area contributed by atoms with Gasteiger partial charge in [0.25, 0.3) is 0 Å². The molecule has 1 atom stereocenters. The average molecular weight is 421 g/mol. The lowest BCUT2D eigenvalue weighted by molar-refractivity contribution is -0.126. The topological polar surface area (TPSA) is 66.5 Å². The summed E-state index contributed by atoms with van der Waals surface area (Å²) in [4.78, 5) is 12.6. The summed E-state index contributed by atoms with van der Waals surface area (Å²) in [5, 5.41) is 3.47. The van der Waals surface area contributed by atoms with E-state index in [1.807, 2.05) is 31.2 Å². The van der Waals surface area contributed by atoms with E-state index in [-0.39, 0.29) is 24.1 Å². The predicted molar refractivity (Wildman–Crippen MR) is 111 cm³/mol. The summed E-state index contributed by atoms with van der Waals surface area (Å²) in [6.45, 7) is 3.14. The van der Waals surface area contributed by atoms with Crippen LogP contribution in [0.1, 0.15) is 29.5 Å². The minimum atomic E-state index is -3.50. The molecule has 1 aliphatic heterocycles. The highest BCUT2D eigenvalue weighted by molar-refractivity contribution is 7.88. The summed E-state index contributed by atoms with van der Waals surface area (Å²) in [7, 11) is -3.50. The Kier molecular flexibility index (Phi) is 6.75. The Morgan fingerprint density at radius 2 is 2.00 bits per heavy atom. The number of nitrogens with zero attached hydrogens (tertiary/aromatic N) is 1. The molecule has 5 nitrogen and oxygen atoms in total. The molecule has 1 fully saturated rings. The van der Waals surface area contributed by atoms with Gasteiger partial charge in [0.15, 0.2) is 0 Å². The van der Waals surface area contributed by atoms with Gasteiger partial charge >= 0.3 is 0 Å². The number of carbonyl (C=O) groups is 1. The number of halogens is 1. The van der Waals surface area contributed by atoms with Crippen LogP contribution in [0.3, 0.4) is 0 Å². The molecule has 0 saturated carbocycles. The van der Waals surface area contributed by atoms with E-state index < -0.39 is 10.0 Å². The predicted octanol–water partition coefficient (Wildman–Crippen LogP) is 3.51. The molecular formula is C21H25ClN2O3S. The van der Waals surface area contributed by atoms with Gasteiger partial charge in [-0.25, -0.2) is 12.7 Å². The molecule has 1 heterocycles. The third-order valence-corrected chi connectivity index (χ3v) is 7.15. The number of sulfonamides is 1. The van der Waals surface area contributed by atoms with Crippen LogP contribution < -0.4 is 5.32 Å². The lowest BCUT2D eigenvalue weighted by Gasteiger charge is -2.31. The van der Waals surface area contributed by atoms with Crippen LogP contribution in [0.15, 0.2) is 48.5 Å². The van der Waals surface area contributed by atoms with Crippen molar-refractivity contribution in [2.45, 2.75) is 32.1 Å². The van der Waals surface area contributed by atoms with Gasteiger partial charge in [-0.05, 0) is 48.6 Å². The van der Waals surface area contributed by atoms with Crippen LogP contribution >= 0.6 is 11.6 Å². The second-order valence-corrected chi connectivity index (χ2v) is 9.63. The van der Waals surface area contributed by atoms with E-state index in [2.05, 4.69) is 5.32 Å². The molecule has 28 heavy (non-hydrogen) atoms. The first-order chi connectivity index (χ1) is 13.3. The van der Waals surface area contributed by atoms with Gasteiger partial charge in [0, 0.05) is 24.7 Å². The van der Waals surface area contributed by atoms with Gasteiger partial charge < -0.3 is 5.32 Å². The molecule has 0 radical (unpaired) electrons. The molecule has 1 amide bonds. The number of hydrogen-bond donors (Lipinski definition) is 1. The van der Waals surface area contributed by atoms with Gasteiger partial charge in [-0.2, -0.15) is 0 Å². The fraction of sp³-hybridized carbons (Fsp3) is 0.381. The van der Waals surface area contributed by atoms with Crippen molar-refractivity contribution in [2.75, 3.05) is 13.1 Å². The Morgan fingerprint density at radius 1 is 1.21 bits per heavy atom. The van der Waals surface area contributed by atoms with E-state index in [9.17, 15) is 13.2 Å². The second kappa shape index (κ2) is 9.07. The molecule has 0 spiro atoms. The number of benzene rings is 2. The maximum absolute atomic E-state index is 12.8. The Labute approximate surface area is 171 Å². The summed E-state index contributed by atoms with van der Waals surface area (Å²) in [6.07, 6.45) is 1.38. The smallest absolute Gasteiger partial charge is 0.224 e. The molecule has 1 aliphatic rings. The first-order valence-electron chi connectivity index (χ1n) is 9.39. The molecule has 0 bridgehead atoms. The molecule has 1 saturated heterocycles. The lowest BCUT2D eigenvalue weighted by atomic mass is 9.98. The molecular weight excluding hydrogens is 396 g/mol. The summed E-state index contributed by atoms with van der Waals surface area (Å²) in [5.74, 6) is -0.525. The molecule has 0 aromatic heterocycles. The molecule has 7 heteroatoms. The molecule has 150 valence electrons. The quantitative estimate of drug-likeness (QED) is 0.777. The van der Waals surface area contributed by atoms with Crippen molar-refractivity contribution in [1.29, 1.82) is 0 Å². The van der Waals surface area contributed by atoms with Gasteiger partial charge in [0.2, 0.25) is 15.9 Å². The van der Waals surface area contributed by atoms with E-state index in [4.69, 9.17) is 11.6 Å². The van der Waals surface area contributed by atoms with Gasteiger partial charge in [-0.3, -0.25) is 4.79 Å². The van der Waals surface area contributed by atoms with Crippen molar-refractivity contribution in [1.82, 2.24) is 9.62 Å². The fourth-order valence-corrected chi connectivity index (χ4v) is 5.28. The second-order valence-electron chi connectivity index (χ2n) is 7.23. The fourth-order valence-electron chi connectivity index (χ4n) is 3.47. The van der Waals surface area contributed by atoms with Crippen molar-refractivity contribution >= 4 is 27.5 Å². The Balaban J connectivity index is 1.61. The van der Waals surface area contributed by atoms with Gasteiger partial charge in [-0.15, -0.1) is 0 Å². The molecule has 2 aromatic rings. The van der Waals surface area contributed by atoms with Crippen molar-refractivity contribution in [3.8, 4) is 0 Å². The van der Waals surface area contributed by atoms with Crippen molar-refractivity contribution < 1.29 is 13.2 Å². The highest BCUT2D eigenvalue weighted by Crippen LogP contribution is 2.23. The largest absolute Gasteiger partial charge is 0.352 e. The third kappa shape index (κ3) is 5.34. The zero-order chi connectivity index (χ0) is 20.1. The number of aryl methyl sites for hydroxylation is 1. The van der Waals surface area contributed by atoms with Crippen molar-refractivity contribution in [3.05, 3.63) is 70.2 Å². The summed E-state index contributed by atoms with van der Waals surface area (Å²) in [6, 6.07) is 14.8. The highest BCUT2D eigenvalue weighted by atomic mass is 35.5. The van der Waals surface area contributed by atoms with Crippen LogP contribution in [0.4, 0.5) is 0 Å². The minimum Gasteiger partial charge on any atom is -0.352 e. The molecule has 2 aromatic carbocycles. The van der Waals surface area contributed by atoms with Crippen LogP contribution in [0.2, 0.25) is 5.02 Å². The minimum absolute atomic E-state index is 0.0918. The lowest BCUT2D eigenvalue weighted by Crippen LogP contribution is -2.45. The van der Waals surface area contributed by atoms with Crippen LogP contribution in [0, 0.1) is 12.8 Å². The highest BCUT2D eigenvalue weighted by Gasteiger charge is 2.32. The first kappa shape index (κ1) is 20.8. The van der Waals surface area contributed by atoms with E-state index in [0.717, 1.165) is 11.1 Å². The molecule has 1 N–H and O–H groups in total. The van der Waals surface area contributed by atoms with Crippen LogP contribution in [-0.2, 0) is 27.1 Å². The monoisotopic (exact) mass is 420 g/mol. The number of hydrogen-bond acceptors (Lipinski definition) is 3. The van der Waals surface area contributed by atoms with E-state index in [1.165, 1.54) is 4.31 Å². The normalized spacial score (nSPS) is 18.0. The number of amides is 1. The van der Waals surface area contributed by atoms with Crippen LogP contribution in [0.25, 0.3) is 0 Å². The zero-order valence-corrected chi connectivity index (χ0v) is 17.5. The summed E-state index contributed by atoms with van der Waals surface area (Å²) in [5.41, 5.74) is 2.84. The first-order valence-corrected chi connectivity index (χ1v) is 11.4. The molecule has 3 rings (SSSR count). The maximum atomic E-state index is 12.8. The summed E-state index contributed by atoms with van der Waals surface area (Å²) < 4.78 is 27.1. The summed E-state index contributed by atoms with van der Waals surface area (Å²) >= 11 is 5.96. The number of nitrogens with one attached hydrogen (secondary N) is 1. The van der Waals surface area contributed by atoms with E-state index in [0.29, 0.717) is 36.5 Å². The van der Waals surface area contributed by atoms with Crippen LogP contribution in [-0.4, -0.2) is 31.7 Å². The maximum Gasteiger partial charge on any atom is 0.224 e. The molecule has 0 aliphatic carbocycles. The third-order valence-electron chi connectivity index (χ3n) is 5.10. The van der Waals surface area contributed by atoms with Gasteiger partial charge in [0.05, 0.1) is 11.7 Å². The molecule has 0 unspecified atom stereocenters. The van der Waals surface area contributed by atoms with Crippen molar-refractivity contribution in [3.63, 3.8) is 0 Å². The average Bonchev–Trinajstić information content (AvgIpc) is 2.67. The number of piperidine rings is 1. The Bertz CT molecular complexity index is 946. The van der Waals surface area contributed by atoms with Crippen LogP contribution in [0.5, 0.6) is 0 Å². The SMILES string of the molecule is Cc1ccccc1CNC(=O)[C@H]1CCCN(S(=O)(=O)Cc2cccc(Cl)c2)C1. The van der Waals surface area contributed by atoms with E-state index >= 15 is 0 Å². The number of carbonyl (C=O) groups excluding carboxylic acids is 1. The van der Waals surface area contributed by atoms with Gasteiger partial charge in [0.1, 0.15) is 0 Å². The standard InChI is InChI=1S/C21H25ClN2O3S/c1-16-6-2-3-8-18(16)13-23-21(25)19-9-5-11-24(14-19)28(26,27)15-17-7-4-10-20(22)12-17/h2-4,6-8,10,12,19H,5,9,11,13-15H2,1H3,(H,23,25)/t19-/m0/s1. The Morgan fingerprint density at radius 3 is 2.75 bits per heavy atom. The van der Waals surface area contributed by atoms with Gasteiger partial charge in [-0.1, -0.05) is 48.0 Å². The number of rotatable bonds is 6. The van der Waals surface area contributed by atoms with E-state index in [1.54, 1.807) is 24.3 Å².